The zero-order valence-electron chi connectivity index (χ0n) is 15.7. The molecule has 2 aromatic carbocycles. The van der Waals surface area contributed by atoms with E-state index in [4.69, 9.17) is 11.6 Å². The molecular formula is C21H18ClN3O4. The molecule has 0 aromatic heterocycles. The molecule has 0 N–H and O–H groups in total. The van der Waals surface area contributed by atoms with Gasteiger partial charge in [-0.15, -0.1) is 0 Å². The van der Waals surface area contributed by atoms with E-state index in [-0.39, 0.29) is 11.3 Å². The van der Waals surface area contributed by atoms with E-state index in [1.807, 2.05) is 11.8 Å². The van der Waals surface area contributed by atoms with Gasteiger partial charge in [0.05, 0.1) is 16.2 Å². The number of benzene rings is 2. The van der Waals surface area contributed by atoms with Gasteiger partial charge in [-0.05, 0) is 55.2 Å². The first-order chi connectivity index (χ1) is 13.9. The quantitative estimate of drug-likeness (QED) is 0.432. The summed E-state index contributed by atoms with van der Waals surface area (Å²) < 4.78 is 0. The number of nitro groups is 1. The summed E-state index contributed by atoms with van der Waals surface area (Å²) in [6.45, 7) is 3.19. The molecule has 29 heavy (non-hydrogen) atoms. The van der Waals surface area contributed by atoms with Gasteiger partial charge in [-0.2, -0.15) is 0 Å². The topological polar surface area (TPSA) is 83.8 Å². The number of nitro benzene ring substituents is 1. The molecule has 0 unspecified atom stereocenters. The highest BCUT2D eigenvalue weighted by atomic mass is 35.5. The molecule has 0 spiro atoms. The standard InChI is InChI=1S/C21H18ClN3O4/c1-13-4-7-15(22)12-17(13)24-20(26)18(14-5-8-16(9-6-14)25(28)29)19(21(24)27)23-10-2-3-11-23/h4-9,12H,2-3,10-11H2,1H3. The Kier molecular flexibility index (Phi) is 4.84. The van der Waals surface area contributed by atoms with Gasteiger partial charge in [0.15, 0.2) is 0 Å². The van der Waals surface area contributed by atoms with Crippen molar-refractivity contribution in [3.05, 3.63) is 74.4 Å². The number of anilines is 1. The number of carbonyl (C=O) groups excluding carboxylic acids is 2. The van der Waals surface area contributed by atoms with Crippen LogP contribution in [0.15, 0.2) is 48.2 Å². The molecule has 1 saturated heterocycles. The fraction of sp³-hybridized carbons (Fsp3) is 0.238. The predicted octanol–water partition coefficient (Wildman–Crippen LogP) is 3.94. The summed E-state index contributed by atoms with van der Waals surface area (Å²) >= 11 is 6.12. The molecule has 148 valence electrons. The number of hydrogen-bond acceptors (Lipinski definition) is 5. The maximum absolute atomic E-state index is 13.4. The molecule has 0 saturated carbocycles. The van der Waals surface area contributed by atoms with Gasteiger partial charge < -0.3 is 4.90 Å². The zero-order chi connectivity index (χ0) is 20.7. The molecule has 2 heterocycles. The smallest absolute Gasteiger partial charge is 0.282 e. The van der Waals surface area contributed by atoms with Gasteiger partial charge in [0, 0.05) is 30.2 Å². The highest BCUT2D eigenvalue weighted by molar-refractivity contribution is 6.45. The van der Waals surface area contributed by atoms with Crippen molar-refractivity contribution >= 4 is 40.4 Å². The van der Waals surface area contributed by atoms with Crippen molar-refractivity contribution in [2.45, 2.75) is 19.8 Å². The van der Waals surface area contributed by atoms with Crippen molar-refractivity contribution < 1.29 is 14.5 Å². The van der Waals surface area contributed by atoms with Crippen LogP contribution < -0.4 is 4.90 Å². The Morgan fingerprint density at radius 1 is 1.00 bits per heavy atom. The minimum atomic E-state index is -0.497. The summed E-state index contributed by atoms with van der Waals surface area (Å²) in [6.07, 6.45) is 1.88. The second kappa shape index (κ2) is 7.33. The number of rotatable bonds is 4. The molecule has 2 amide bonds. The van der Waals surface area contributed by atoms with Crippen molar-refractivity contribution in [1.29, 1.82) is 0 Å². The Labute approximate surface area is 172 Å². The summed E-state index contributed by atoms with van der Waals surface area (Å²) in [4.78, 5) is 40.4. The number of hydrogen-bond donors (Lipinski definition) is 0. The van der Waals surface area contributed by atoms with Crippen molar-refractivity contribution in [3.8, 4) is 0 Å². The SMILES string of the molecule is Cc1ccc(Cl)cc1N1C(=O)C(c2ccc([N+](=O)[O-])cc2)=C(N2CCCC2)C1=O. The first-order valence-electron chi connectivity index (χ1n) is 9.27. The Balaban J connectivity index is 1.84. The molecule has 7 nitrogen and oxygen atoms in total. The van der Waals surface area contributed by atoms with Gasteiger partial charge in [-0.1, -0.05) is 17.7 Å². The van der Waals surface area contributed by atoms with Crippen molar-refractivity contribution in [3.63, 3.8) is 0 Å². The van der Waals surface area contributed by atoms with E-state index in [1.54, 1.807) is 18.2 Å². The van der Waals surface area contributed by atoms with Gasteiger partial charge in [0.1, 0.15) is 5.70 Å². The monoisotopic (exact) mass is 411 g/mol. The van der Waals surface area contributed by atoms with Crippen LogP contribution in [0.25, 0.3) is 5.57 Å². The number of non-ortho nitro benzene ring substituents is 1. The van der Waals surface area contributed by atoms with E-state index in [9.17, 15) is 19.7 Å². The number of aryl methyl sites for hydroxylation is 1. The van der Waals surface area contributed by atoms with Gasteiger partial charge in [0.25, 0.3) is 17.5 Å². The first-order valence-corrected chi connectivity index (χ1v) is 9.65. The predicted molar refractivity (Wildman–Crippen MR) is 110 cm³/mol. The third-order valence-electron chi connectivity index (χ3n) is 5.26. The maximum atomic E-state index is 13.4. The van der Waals surface area contributed by atoms with Crippen LogP contribution in [0.2, 0.25) is 5.02 Å². The van der Waals surface area contributed by atoms with Crippen molar-refractivity contribution in [2.24, 2.45) is 0 Å². The second-order valence-corrected chi connectivity index (χ2v) is 7.53. The summed E-state index contributed by atoms with van der Waals surface area (Å²) in [6, 6.07) is 10.8. The van der Waals surface area contributed by atoms with Gasteiger partial charge >= 0.3 is 0 Å². The minimum absolute atomic E-state index is 0.0728. The van der Waals surface area contributed by atoms with Gasteiger partial charge in [0.2, 0.25) is 0 Å². The highest BCUT2D eigenvalue weighted by Gasteiger charge is 2.43. The molecule has 4 rings (SSSR count). The minimum Gasteiger partial charge on any atom is -0.366 e. The lowest BCUT2D eigenvalue weighted by Gasteiger charge is -2.21. The Morgan fingerprint density at radius 3 is 2.28 bits per heavy atom. The lowest BCUT2D eigenvalue weighted by atomic mass is 10.0. The first kappa shape index (κ1) is 19.1. The number of likely N-dealkylation sites (tertiary alicyclic amines) is 1. The summed E-state index contributed by atoms with van der Waals surface area (Å²) in [5, 5.41) is 11.4. The van der Waals surface area contributed by atoms with Crippen LogP contribution in [0.3, 0.4) is 0 Å². The van der Waals surface area contributed by atoms with Crippen LogP contribution in [0.4, 0.5) is 11.4 Å². The van der Waals surface area contributed by atoms with Crippen LogP contribution in [0.1, 0.15) is 24.0 Å². The zero-order valence-corrected chi connectivity index (χ0v) is 16.5. The molecule has 0 bridgehead atoms. The number of nitrogens with zero attached hydrogens (tertiary/aromatic N) is 3. The van der Waals surface area contributed by atoms with E-state index >= 15 is 0 Å². The third kappa shape index (κ3) is 3.27. The molecule has 8 heteroatoms. The summed E-state index contributed by atoms with van der Waals surface area (Å²) in [5.41, 5.74) is 2.23. The molecular weight excluding hydrogens is 394 g/mol. The molecule has 1 fully saturated rings. The molecule has 0 radical (unpaired) electrons. The van der Waals surface area contributed by atoms with Crippen molar-refractivity contribution in [2.75, 3.05) is 18.0 Å². The number of halogens is 1. The second-order valence-electron chi connectivity index (χ2n) is 7.10. The molecule has 0 aliphatic carbocycles. The third-order valence-corrected chi connectivity index (χ3v) is 5.50. The Hall–Kier alpha value is -3.19. The summed E-state index contributed by atoms with van der Waals surface area (Å²) in [5.74, 6) is -0.841. The molecule has 2 aromatic rings. The van der Waals surface area contributed by atoms with Gasteiger partial charge in [-0.3, -0.25) is 19.7 Å². The average molecular weight is 412 g/mol. The fourth-order valence-electron chi connectivity index (χ4n) is 3.80. The molecule has 2 aliphatic rings. The highest BCUT2D eigenvalue weighted by Crippen LogP contribution is 2.38. The number of carbonyl (C=O) groups is 2. The van der Waals surface area contributed by atoms with Crippen molar-refractivity contribution in [1.82, 2.24) is 4.90 Å². The number of imide groups is 1. The van der Waals surface area contributed by atoms with E-state index < -0.39 is 16.7 Å². The van der Waals surface area contributed by atoms with Crippen LogP contribution >= 0.6 is 11.6 Å². The van der Waals surface area contributed by atoms with E-state index in [0.717, 1.165) is 23.3 Å². The fourth-order valence-corrected chi connectivity index (χ4v) is 3.97. The molecule has 0 atom stereocenters. The molecule has 2 aliphatic heterocycles. The Bertz CT molecular complexity index is 1060. The van der Waals surface area contributed by atoms with Crippen LogP contribution in [-0.2, 0) is 9.59 Å². The Morgan fingerprint density at radius 2 is 1.66 bits per heavy atom. The van der Waals surface area contributed by atoms with Crippen LogP contribution in [0, 0.1) is 17.0 Å². The van der Waals surface area contributed by atoms with Gasteiger partial charge in [-0.25, -0.2) is 4.90 Å². The lowest BCUT2D eigenvalue weighted by Crippen LogP contribution is -2.35. The number of amides is 2. The summed E-state index contributed by atoms with van der Waals surface area (Å²) in [7, 11) is 0. The van der Waals surface area contributed by atoms with E-state index in [2.05, 4.69) is 0 Å². The largest absolute Gasteiger partial charge is 0.366 e. The lowest BCUT2D eigenvalue weighted by molar-refractivity contribution is -0.384. The van der Waals surface area contributed by atoms with E-state index in [1.165, 1.54) is 24.3 Å². The van der Waals surface area contributed by atoms with E-state index in [0.29, 0.717) is 35.1 Å². The average Bonchev–Trinajstić information content (AvgIpc) is 3.30. The van der Waals surface area contributed by atoms with Crippen LogP contribution in [-0.4, -0.2) is 34.7 Å². The normalized spacial score (nSPS) is 16.9. The van der Waals surface area contributed by atoms with Crippen LogP contribution in [0.5, 0.6) is 0 Å². The maximum Gasteiger partial charge on any atom is 0.282 e.